The number of likely N-dealkylation sites (tertiary alicyclic amines) is 1. The fraction of sp³-hybridized carbons (Fsp3) is 0.421. The van der Waals surface area contributed by atoms with Crippen molar-refractivity contribution in [2.24, 2.45) is 5.41 Å². The van der Waals surface area contributed by atoms with Gasteiger partial charge in [0, 0.05) is 37.7 Å². The number of hydrogen-bond donors (Lipinski definition) is 1. The summed E-state index contributed by atoms with van der Waals surface area (Å²) in [4.78, 5) is 38.0. The largest absolute Gasteiger partial charge is 0.490 e. The average Bonchev–Trinajstić information content (AvgIpc) is 3.25. The van der Waals surface area contributed by atoms with Gasteiger partial charge in [0.2, 0.25) is 5.91 Å². The number of carboxylic acids is 1. The number of rotatable bonds is 3. The number of alkyl halides is 3. The van der Waals surface area contributed by atoms with Crippen LogP contribution in [0.15, 0.2) is 43.1 Å². The third kappa shape index (κ3) is 5.29. The van der Waals surface area contributed by atoms with Crippen molar-refractivity contribution >= 4 is 17.6 Å². The summed E-state index contributed by atoms with van der Waals surface area (Å²) in [6.45, 7) is 3.58. The van der Waals surface area contributed by atoms with E-state index in [1.165, 1.54) is 6.33 Å². The Morgan fingerprint density at radius 2 is 1.90 bits per heavy atom. The van der Waals surface area contributed by atoms with Crippen LogP contribution in [0.25, 0.3) is 0 Å². The fourth-order valence-corrected chi connectivity index (χ4v) is 3.72. The van der Waals surface area contributed by atoms with Crippen LogP contribution in [0.5, 0.6) is 0 Å². The molecule has 1 N–H and O–H groups in total. The summed E-state index contributed by atoms with van der Waals surface area (Å²) in [6, 6.07) is 6.01. The van der Waals surface area contributed by atoms with E-state index in [0.717, 1.165) is 44.0 Å². The Bertz CT molecular complexity index is 882. The highest BCUT2D eigenvalue weighted by Gasteiger charge is 2.47. The Labute approximate surface area is 170 Å². The van der Waals surface area contributed by atoms with Crippen LogP contribution < -0.4 is 4.90 Å². The molecule has 0 bridgehead atoms. The van der Waals surface area contributed by atoms with Crippen LogP contribution in [0, 0.1) is 5.41 Å². The van der Waals surface area contributed by atoms with Crippen molar-refractivity contribution in [3.63, 3.8) is 0 Å². The Kier molecular flexibility index (Phi) is 6.30. The number of carbonyl (C=O) groups excluding carboxylic acids is 1. The standard InChI is InChI=1S/C17H19N5O.C2HF3O2/c23-16-7-17(12-22(16)15-8-18-13-19-9-15)4-6-21(11-17)10-14-3-1-2-5-20-14;3-2(4,5)1(6)7/h1-3,5,8-9,13H,4,6-7,10-12H2;(H,6,7). The predicted octanol–water partition coefficient (Wildman–Crippen LogP) is 2.13. The fourth-order valence-electron chi connectivity index (χ4n) is 3.72. The second-order valence-electron chi connectivity index (χ2n) is 7.34. The molecule has 2 aliphatic heterocycles. The minimum absolute atomic E-state index is 0.0572. The zero-order chi connectivity index (χ0) is 21.8. The van der Waals surface area contributed by atoms with Crippen LogP contribution in [0.4, 0.5) is 18.9 Å². The molecule has 2 fully saturated rings. The highest BCUT2D eigenvalue weighted by atomic mass is 19.4. The van der Waals surface area contributed by atoms with E-state index >= 15 is 0 Å². The lowest BCUT2D eigenvalue weighted by Crippen LogP contribution is -2.31. The Morgan fingerprint density at radius 3 is 2.50 bits per heavy atom. The van der Waals surface area contributed by atoms with E-state index in [9.17, 15) is 18.0 Å². The molecule has 8 nitrogen and oxygen atoms in total. The van der Waals surface area contributed by atoms with Gasteiger partial charge < -0.3 is 10.0 Å². The first-order valence-corrected chi connectivity index (χ1v) is 9.16. The van der Waals surface area contributed by atoms with Gasteiger partial charge in [0.1, 0.15) is 6.33 Å². The number of anilines is 1. The summed E-state index contributed by atoms with van der Waals surface area (Å²) in [5, 5.41) is 7.12. The highest BCUT2D eigenvalue weighted by molar-refractivity contribution is 5.96. The maximum Gasteiger partial charge on any atom is 0.490 e. The molecule has 2 aromatic heterocycles. The molecule has 2 aliphatic rings. The monoisotopic (exact) mass is 423 g/mol. The lowest BCUT2D eigenvalue weighted by Gasteiger charge is -2.24. The van der Waals surface area contributed by atoms with Crippen LogP contribution in [0.3, 0.4) is 0 Å². The maximum atomic E-state index is 12.4. The van der Waals surface area contributed by atoms with E-state index < -0.39 is 12.1 Å². The molecule has 30 heavy (non-hydrogen) atoms. The molecular formula is C19H20F3N5O3. The third-order valence-corrected chi connectivity index (χ3v) is 5.05. The maximum absolute atomic E-state index is 12.4. The van der Waals surface area contributed by atoms with E-state index in [2.05, 4.69) is 25.9 Å². The SMILES string of the molecule is O=C(O)C(F)(F)F.O=C1CC2(CCN(Cc3ccccn3)C2)CN1c1cncnc1. The minimum Gasteiger partial charge on any atom is -0.475 e. The first-order chi connectivity index (χ1) is 14.2. The molecule has 0 aromatic carbocycles. The number of nitrogens with zero attached hydrogens (tertiary/aromatic N) is 5. The molecule has 0 saturated carbocycles. The second kappa shape index (κ2) is 8.74. The molecular weight excluding hydrogens is 403 g/mol. The van der Waals surface area contributed by atoms with Crippen molar-refractivity contribution in [1.29, 1.82) is 0 Å². The smallest absolute Gasteiger partial charge is 0.475 e. The van der Waals surface area contributed by atoms with Gasteiger partial charge in [-0.05, 0) is 25.1 Å². The summed E-state index contributed by atoms with van der Waals surface area (Å²) >= 11 is 0. The molecule has 160 valence electrons. The van der Waals surface area contributed by atoms with E-state index in [0.29, 0.717) is 6.42 Å². The van der Waals surface area contributed by atoms with Gasteiger partial charge in [0.25, 0.3) is 0 Å². The number of hydrogen-bond acceptors (Lipinski definition) is 6. The summed E-state index contributed by atoms with van der Waals surface area (Å²) < 4.78 is 31.7. The van der Waals surface area contributed by atoms with E-state index in [4.69, 9.17) is 9.90 Å². The van der Waals surface area contributed by atoms with Gasteiger partial charge in [-0.25, -0.2) is 14.8 Å². The van der Waals surface area contributed by atoms with Crippen LogP contribution >= 0.6 is 0 Å². The van der Waals surface area contributed by atoms with Crippen LogP contribution in [-0.4, -0.2) is 62.6 Å². The quantitative estimate of drug-likeness (QED) is 0.807. The Hall–Kier alpha value is -3.08. The lowest BCUT2D eigenvalue weighted by atomic mass is 9.86. The van der Waals surface area contributed by atoms with E-state index in [1.54, 1.807) is 12.4 Å². The zero-order valence-corrected chi connectivity index (χ0v) is 15.9. The van der Waals surface area contributed by atoms with Gasteiger partial charge in [-0.3, -0.25) is 14.7 Å². The number of pyridine rings is 1. The Morgan fingerprint density at radius 1 is 1.20 bits per heavy atom. The number of amides is 1. The van der Waals surface area contributed by atoms with Crippen molar-refractivity contribution in [3.05, 3.63) is 48.8 Å². The summed E-state index contributed by atoms with van der Waals surface area (Å²) in [7, 11) is 0. The summed E-state index contributed by atoms with van der Waals surface area (Å²) in [6.07, 6.45) is 3.33. The third-order valence-electron chi connectivity index (χ3n) is 5.05. The normalized spacial score (nSPS) is 21.6. The van der Waals surface area contributed by atoms with Gasteiger partial charge in [-0.15, -0.1) is 0 Å². The number of halogens is 3. The van der Waals surface area contributed by atoms with Gasteiger partial charge in [-0.1, -0.05) is 6.07 Å². The van der Waals surface area contributed by atoms with Crippen molar-refractivity contribution in [2.75, 3.05) is 24.5 Å². The minimum atomic E-state index is -5.08. The topological polar surface area (TPSA) is 99.5 Å². The molecule has 2 saturated heterocycles. The molecule has 11 heteroatoms. The number of aliphatic carboxylic acids is 1. The zero-order valence-electron chi connectivity index (χ0n) is 15.9. The highest BCUT2D eigenvalue weighted by Crippen LogP contribution is 2.41. The average molecular weight is 423 g/mol. The van der Waals surface area contributed by atoms with Gasteiger partial charge in [0.15, 0.2) is 0 Å². The Balaban J connectivity index is 0.000000318. The number of carbonyl (C=O) groups is 2. The first-order valence-electron chi connectivity index (χ1n) is 9.16. The number of aromatic nitrogens is 3. The second-order valence-corrected chi connectivity index (χ2v) is 7.34. The molecule has 4 rings (SSSR count). The molecule has 1 spiro atoms. The summed E-state index contributed by atoms with van der Waals surface area (Å²) in [5.41, 5.74) is 1.95. The molecule has 1 atom stereocenters. The van der Waals surface area contributed by atoms with Crippen molar-refractivity contribution in [2.45, 2.75) is 25.6 Å². The first kappa shape index (κ1) is 21.6. The van der Waals surface area contributed by atoms with Crippen LogP contribution in [-0.2, 0) is 16.1 Å². The summed E-state index contributed by atoms with van der Waals surface area (Å²) in [5.74, 6) is -2.58. The number of carboxylic acid groups (broad SMARTS) is 1. The lowest BCUT2D eigenvalue weighted by molar-refractivity contribution is -0.192. The van der Waals surface area contributed by atoms with Crippen molar-refractivity contribution in [3.8, 4) is 0 Å². The molecule has 0 aliphatic carbocycles. The van der Waals surface area contributed by atoms with Crippen molar-refractivity contribution in [1.82, 2.24) is 19.9 Å². The van der Waals surface area contributed by atoms with Crippen LogP contribution in [0.1, 0.15) is 18.5 Å². The predicted molar refractivity (Wildman–Crippen MR) is 99.3 cm³/mol. The van der Waals surface area contributed by atoms with Gasteiger partial charge in [-0.2, -0.15) is 13.2 Å². The van der Waals surface area contributed by atoms with Gasteiger partial charge >= 0.3 is 12.1 Å². The van der Waals surface area contributed by atoms with Gasteiger partial charge in [0.05, 0.1) is 23.8 Å². The van der Waals surface area contributed by atoms with Crippen LogP contribution in [0.2, 0.25) is 0 Å². The molecule has 4 heterocycles. The van der Waals surface area contributed by atoms with Crippen molar-refractivity contribution < 1.29 is 27.9 Å². The molecule has 0 radical (unpaired) electrons. The molecule has 1 amide bonds. The molecule has 1 unspecified atom stereocenters. The molecule has 2 aromatic rings. The van der Waals surface area contributed by atoms with E-state index in [-0.39, 0.29) is 11.3 Å². The van der Waals surface area contributed by atoms with E-state index in [1.807, 2.05) is 23.2 Å².